The van der Waals surface area contributed by atoms with E-state index in [1.165, 1.54) is 31.7 Å². The summed E-state index contributed by atoms with van der Waals surface area (Å²) in [4.78, 5) is 0.333. The molecule has 1 aliphatic carbocycles. The van der Waals surface area contributed by atoms with E-state index < -0.39 is 0 Å². The van der Waals surface area contributed by atoms with Gasteiger partial charge in [-0.05, 0) is 30.9 Å². The van der Waals surface area contributed by atoms with Crippen molar-refractivity contribution in [1.82, 2.24) is 0 Å². The molecule has 1 fully saturated rings. The summed E-state index contributed by atoms with van der Waals surface area (Å²) in [6, 6.07) is 4.90. The van der Waals surface area contributed by atoms with Gasteiger partial charge in [0, 0.05) is 15.4 Å². The lowest BCUT2D eigenvalue weighted by Crippen LogP contribution is -2.10. The molecule has 2 rings (SSSR count). The first-order chi connectivity index (χ1) is 8.16. The number of benzene rings is 1. The van der Waals surface area contributed by atoms with Crippen LogP contribution < -0.4 is 0 Å². The lowest BCUT2D eigenvalue weighted by molar-refractivity contribution is 0.491. The highest BCUT2D eigenvalue weighted by molar-refractivity contribution is 9.09. The number of hydrogen-bond donors (Lipinski definition) is 0. The largest absolute Gasteiger partial charge is 0.207 e. The summed E-state index contributed by atoms with van der Waals surface area (Å²) in [5, 5.41) is 0.542. The second kappa shape index (κ2) is 6.19. The van der Waals surface area contributed by atoms with Gasteiger partial charge in [0.25, 0.3) is 0 Å². The second-order valence-corrected chi connectivity index (χ2v) is 6.59. The molecule has 1 saturated carbocycles. The van der Waals surface area contributed by atoms with Crippen LogP contribution in [-0.2, 0) is 6.42 Å². The maximum Gasteiger partial charge on any atom is 0.127 e. The van der Waals surface area contributed by atoms with Gasteiger partial charge in [-0.15, -0.1) is 0 Å². The molecule has 0 aromatic heterocycles. The Labute approximate surface area is 116 Å². The molecule has 0 heterocycles. The second-order valence-electron chi connectivity index (χ2n) is 4.89. The fourth-order valence-electron chi connectivity index (χ4n) is 2.64. The van der Waals surface area contributed by atoms with E-state index in [2.05, 4.69) is 15.9 Å². The van der Waals surface area contributed by atoms with Crippen LogP contribution in [0.5, 0.6) is 0 Å². The highest BCUT2D eigenvalue weighted by Gasteiger charge is 2.20. The summed E-state index contributed by atoms with van der Waals surface area (Å²) in [5.41, 5.74) is 0.647. The molecule has 1 unspecified atom stereocenters. The maximum absolute atomic E-state index is 13.6. The molecule has 0 bridgehead atoms. The van der Waals surface area contributed by atoms with Crippen molar-refractivity contribution in [3.05, 3.63) is 34.6 Å². The minimum Gasteiger partial charge on any atom is -0.207 e. The fourth-order valence-corrected chi connectivity index (χ4v) is 3.73. The number of hydrogen-bond acceptors (Lipinski definition) is 0. The van der Waals surface area contributed by atoms with Gasteiger partial charge in [-0.25, -0.2) is 4.39 Å². The lowest BCUT2D eigenvalue weighted by Gasteiger charge is -2.15. The summed E-state index contributed by atoms with van der Waals surface area (Å²) in [7, 11) is 0. The first-order valence-corrected chi connectivity index (χ1v) is 7.53. The first kappa shape index (κ1) is 13.4. The summed E-state index contributed by atoms with van der Waals surface area (Å²) in [6.45, 7) is 0. The van der Waals surface area contributed by atoms with Crippen molar-refractivity contribution in [1.29, 1.82) is 0 Å². The van der Waals surface area contributed by atoms with Crippen molar-refractivity contribution in [2.24, 2.45) is 5.92 Å². The van der Waals surface area contributed by atoms with Gasteiger partial charge in [-0.3, -0.25) is 0 Å². The van der Waals surface area contributed by atoms with Gasteiger partial charge in [0.1, 0.15) is 5.82 Å². The van der Waals surface area contributed by atoms with Gasteiger partial charge in [0.2, 0.25) is 0 Å². The van der Waals surface area contributed by atoms with Gasteiger partial charge in [0.05, 0.1) is 0 Å². The zero-order valence-electron chi connectivity index (χ0n) is 9.76. The minimum absolute atomic E-state index is 0.187. The third-order valence-corrected chi connectivity index (χ3v) is 4.60. The van der Waals surface area contributed by atoms with Crippen LogP contribution in [-0.4, -0.2) is 4.83 Å². The molecule has 1 atom stereocenters. The summed E-state index contributed by atoms with van der Waals surface area (Å²) < 4.78 is 13.6. The molecule has 1 aliphatic rings. The zero-order chi connectivity index (χ0) is 12.3. The summed E-state index contributed by atoms with van der Waals surface area (Å²) in [6.07, 6.45) is 7.17. The van der Waals surface area contributed by atoms with Crippen LogP contribution >= 0.6 is 27.5 Å². The molecular formula is C14H17BrClF. The molecule has 1 aromatic carbocycles. The van der Waals surface area contributed by atoms with E-state index in [4.69, 9.17) is 11.6 Å². The maximum atomic E-state index is 13.6. The molecule has 0 saturated heterocycles. The topological polar surface area (TPSA) is 0 Å². The molecule has 0 nitrogen and oxygen atoms in total. The predicted octanol–water partition coefficient (Wildman–Crippen LogP) is 5.37. The van der Waals surface area contributed by atoms with Crippen molar-refractivity contribution < 1.29 is 4.39 Å². The Morgan fingerprint density at radius 3 is 2.71 bits per heavy atom. The zero-order valence-corrected chi connectivity index (χ0v) is 12.1. The Morgan fingerprint density at radius 2 is 2.06 bits per heavy atom. The molecular weight excluding hydrogens is 303 g/mol. The van der Waals surface area contributed by atoms with E-state index in [0.29, 0.717) is 21.8 Å². The van der Waals surface area contributed by atoms with Gasteiger partial charge in [-0.2, -0.15) is 0 Å². The van der Waals surface area contributed by atoms with Crippen LogP contribution in [0, 0.1) is 11.7 Å². The van der Waals surface area contributed by atoms with E-state index >= 15 is 0 Å². The molecule has 0 aliphatic heterocycles. The highest BCUT2D eigenvalue weighted by Crippen LogP contribution is 2.32. The standard InChI is InChI=1S/C14H17BrClF/c15-11(8-10-4-1-2-5-10)9-12-13(16)6-3-7-14(12)17/h3,6-7,10-11H,1-2,4-5,8-9H2. The average Bonchev–Trinajstić information content (AvgIpc) is 2.76. The Balaban J connectivity index is 1.95. The van der Waals surface area contributed by atoms with Crippen molar-refractivity contribution in [3.63, 3.8) is 0 Å². The van der Waals surface area contributed by atoms with E-state index in [1.807, 2.05) is 0 Å². The molecule has 0 spiro atoms. The van der Waals surface area contributed by atoms with E-state index in [0.717, 1.165) is 12.3 Å². The third-order valence-electron chi connectivity index (χ3n) is 3.55. The van der Waals surface area contributed by atoms with Crippen LogP contribution in [0.2, 0.25) is 5.02 Å². The van der Waals surface area contributed by atoms with Crippen LogP contribution in [0.4, 0.5) is 4.39 Å². The van der Waals surface area contributed by atoms with Gasteiger partial charge >= 0.3 is 0 Å². The molecule has 17 heavy (non-hydrogen) atoms. The number of halogens is 3. The fraction of sp³-hybridized carbons (Fsp3) is 0.571. The van der Waals surface area contributed by atoms with Crippen LogP contribution in [0.3, 0.4) is 0 Å². The molecule has 0 N–H and O–H groups in total. The smallest absolute Gasteiger partial charge is 0.127 e. The van der Waals surface area contributed by atoms with Crippen LogP contribution in [0.25, 0.3) is 0 Å². The molecule has 1 aromatic rings. The first-order valence-electron chi connectivity index (χ1n) is 6.23. The highest BCUT2D eigenvalue weighted by atomic mass is 79.9. The predicted molar refractivity (Wildman–Crippen MR) is 74.4 cm³/mol. The van der Waals surface area contributed by atoms with Gasteiger partial charge in [0.15, 0.2) is 0 Å². The summed E-state index contributed by atoms with van der Waals surface area (Å²) >= 11 is 9.70. The van der Waals surface area contributed by atoms with Gasteiger partial charge < -0.3 is 0 Å². The minimum atomic E-state index is -0.187. The quantitative estimate of drug-likeness (QED) is 0.655. The van der Waals surface area contributed by atoms with Crippen molar-refractivity contribution in [2.75, 3.05) is 0 Å². The Bertz CT molecular complexity index is 354. The van der Waals surface area contributed by atoms with Crippen LogP contribution in [0.1, 0.15) is 37.7 Å². The lowest BCUT2D eigenvalue weighted by atomic mass is 9.98. The number of rotatable bonds is 4. The molecule has 94 valence electrons. The van der Waals surface area contributed by atoms with Crippen molar-refractivity contribution in [3.8, 4) is 0 Å². The van der Waals surface area contributed by atoms with Crippen molar-refractivity contribution in [2.45, 2.75) is 43.4 Å². The third kappa shape index (κ3) is 3.69. The average molecular weight is 320 g/mol. The molecule has 3 heteroatoms. The van der Waals surface area contributed by atoms with Gasteiger partial charge in [-0.1, -0.05) is 59.3 Å². The van der Waals surface area contributed by atoms with Crippen LogP contribution in [0.15, 0.2) is 18.2 Å². The Morgan fingerprint density at radius 1 is 1.35 bits per heavy atom. The number of alkyl halides is 1. The van der Waals surface area contributed by atoms with E-state index in [1.54, 1.807) is 12.1 Å². The molecule has 0 radical (unpaired) electrons. The summed E-state index contributed by atoms with van der Waals surface area (Å²) in [5.74, 6) is 0.623. The van der Waals surface area contributed by atoms with E-state index in [9.17, 15) is 4.39 Å². The Hall–Kier alpha value is -0.0800. The van der Waals surface area contributed by atoms with E-state index in [-0.39, 0.29) is 5.82 Å². The van der Waals surface area contributed by atoms with Crippen molar-refractivity contribution >= 4 is 27.5 Å². The molecule has 0 amide bonds. The Kier molecular flexibility index (Phi) is 4.87. The monoisotopic (exact) mass is 318 g/mol. The SMILES string of the molecule is Fc1cccc(Cl)c1CC(Br)CC1CCCC1. The normalized spacial score (nSPS) is 18.5.